The van der Waals surface area contributed by atoms with E-state index in [0.717, 1.165) is 23.6 Å². The maximum Gasteiger partial charge on any atom is 0.264 e. The lowest BCUT2D eigenvalue weighted by Crippen LogP contribution is -2.51. The summed E-state index contributed by atoms with van der Waals surface area (Å²) in [6.45, 7) is 0.225. The molecule has 0 heterocycles. The molecular formula is C22H28Br2O8S2. The second-order valence-electron chi connectivity index (χ2n) is 7.51. The van der Waals surface area contributed by atoms with E-state index in [1.807, 2.05) is 60.7 Å². The predicted molar refractivity (Wildman–Crippen MR) is 137 cm³/mol. The summed E-state index contributed by atoms with van der Waals surface area (Å²) in [5.74, 6) is 0. The molecule has 0 saturated heterocycles. The topological polar surface area (TPSA) is 105 Å². The molecule has 0 aliphatic rings. The Kier molecular flexibility index (Phi) is 12.1. The first kappa shape index (κ1) is 29.4. The maximum atomic E-state index is 12.0. The number of alkyl halides is 2. The summed E-state index contributed by atoms with van der Waals surface area (Å²) in [4.78, 5) is 0. The van der Waals surface area contributed by atoms with Crippen molar-refractivity contribution in [1.29, 1.82) is 0 Å². The van der Waals surface area contributed by atoms with Crippen LogP contribution < -0.4 is 0 Å². The first-order chi connectivity index (χ1) is 16.0. The minimum absolute atomic E-state index is 0.0819. The Morgan fingerprint density at radius 2 is 0.971 bits per heavy atom. The highest BCUT2D eigenvalue weighted by molar-refractivity contribution is 9.09. The van der Waals surface area contributed by atoms with Gasteiger partial charge >= 0.3 is 0 Å². The fourth-order valence-electron chi connectivity index (χ4n) is 3.15. The molecule has 4 atom stereocenters. The smallest absolute Gasteiger partial charge is 0.264 e. The van der Waals surface area contributed by atoms with Gasteiger partial charge in [0.25, 0.3) is 20.2 Å². The Bertz CT molecular complexity index is 979. The van der Waals surface area contributed by atoms with E-state index in [-0.39, 0.29) is 23.9 Å². The van der Waals surface area contributed by atoms with Crippen molar-refractivity contribution in [3.63, 3.8) is 0 Å². The van der Waals surface area contributed by atoms with Gasteiger partial charge in [-0.15, -0.1) is 0 Å². The van der Waals surface area contributed by atoms with E-state index in [1.54, 1.807) is 0 Å². The highest BCUT2D eigenvalue weighted by Crippen LogP contribution is 2.25. The van der Waals surface area contributed by atoms with Crippen molar-refractivity contribution < 1.29 is 34.7 Å². The van der Waals surface area contributed by atoms with Gasteiger partial charge in [-0.1, -0.05) is 92.5 Å². The van der Waals surface area contributed by atoms with Gasteiger partial charge in [0.1, 0.15) is 24.4 Å². The lowest BCUT2D eigenvalue weighted by atomic mass is 10.0. The van der Waals surface area contributed by atoms with Crippen LogP contribution in [0.2, 0.25) is 0 Å². The Balaban J connectivity index is 2.43. The fourth-order valence-corrected chi connectivity index (χ4v) is 5.75. The third-order valence-corrected chi connectivity index (χ3v) is 7.00. The minimum atomic E-state index is -3.87. The van der Waals surface area contributed by atoms with Gasteiger partial charge in [0.15, 0.2) is 0 Å². The molecule has 0 spiro atoms. The van der Waals surface area contributed by atoms with Crippen molar-refractivity contribution in [2.45, 2.75) is 37.6 Å². The van der Waals surface area contributed by atoms with E-state index in [4.69, 9.17) is 17.8 Å². The van der Waals surface area contributed by atoms with Crippen molar-refractivity contribution in [2.24, 2.45) is 0 Å². The van der Waals surface area contributed by atoms with Crippen LogP contribution in [-0.2, 0) is 51.3 Å². The third kappa shape index (κ3) is 10.8. The highest BCUT2D eigenvalue weighted by atomic mass is 79.9. The Morgan fingerprint density at radius 1 is 0.647 bits per heavy atom. The summed E-state index contributed by atoms with van der Waals surface area (Å²) in [7, 11) is -7.74. The summed E-state index contributed by atoms with van der Waals surface area (Å²) in [5, 5.41) is 0.164. The van der Waals surface area contributed by atoms with Gasteiger partial charge in [0.05, 0.1) is 25.7 Å². The normalized spacial score (nSPS) is 16.0. The zero-order chi connectivity index (χ0) is 25.2. The van der Waals surface area contributed by atoms with Crippen LogP contribution in [0.1, 0.15) is 11.1 Å². The quantitative estimate of drug-likeness (QED) is 0.214. The van der Waals surface area contributed by atoms with E-state index in [1.165, 1.54) is 0 Å². The van der Waals surface area contributed by atoms with Gasteiger partial charge < -0.3 is 9.47 Å². The monoisotopic (exact) mass is 642 g/mol. The lowest BCUT2D eigenvalue weighted by Gasteiger charge is -2.35. The lowest BCUT2D eigenvalue weighted by molar-refractivity contribution is -0.146. The SMILES string of the molecule is CS(=O)(=O)O[C@H](CBr)[C@@H](OCc1ccccc1)[C@H](OCc1ccccc1)[C@@H](CBr)OS(C)(=O)=O. The van der Waals surface area contributed by atoms with Crippen LogP contribution in [0.25, 0.3) is 0 Å². The molecule has 0 unspecified atom stereocenters. The van der Waals surface area contributed by atoms with E-state index in [9.17, 15) is 16.8 Å². The standard InChI is InChI=1S/C22H28Br2O8S2/c1-33(25,26)31-19(13-23)21(29-15-17-9-5-3-6-10-17)22(20(14-24)32-34(2,27)28)30-16-18-11-7-4-8-12-18/h3-12,19-22H,13-16H2,1-2H3/t19-,20-,21-,22-/m1/s1. The molecule has 12 heteroatoms. The first-order valence-electron chi connectivity index (χ1n) is 10.2. The zero-order valence-corrected chi connectivity index (χ0v) is 23.6. The average Bonchev–Trinajstić information content (AvgIpc) is 2.78. The molecule has 0 radical (unpaired) electrons. The minimum Gasteiger partial charge on any atom is -0.368 e. The summed E-state index contributed by atoms with van der Waals surface area (Å²) in [6.07, 6.45) is -2.20. The second kappa shape index (κ2) is 14.0. The highest BCUT2D eigenvalue weighted by Gasteiger charge is 2.40. The molecule has 34 heavy (non-hydrogen) atoms. The van der Waals surface area contributed by atoms with E-state index >= 15 is 0 Å². The van der Waals surface area contributed by atoms with Crippen molar-refractivity contribution in [3.05, 3.63) is 71.8 Å². The molecule has 8 nitrogen and oxygen atoms in total. The number of rotatable bonds is 15. The third-order valence-electron chi connectivity index (χ3n) is 4.53. The van der Waals surface area contributed by atoms with Crippen molar-refractivity contribution in [1.82, 2.24) is 0 Å². The number of hydrogen-bond donors (Lipinski definition) is 0. The van der Waals surface area contributed by atoms with E-state index in [2.05, 4.69) is 31.9 Å². The Labute approximate surface area is 218 Å². The number of ether oxygens (including phenoxy) is 2. The zero-order valence-electron chi connectivity index (χ0n) is 18.7. The number of hydrogen-bond acceptors (Lipinski definition) is 8. The average molecular weight is 644 g/mol. The molecule has 0 bridgehead atoms. The molecule has 0 aliphatic carbocycles. The number of halogens is 2. The fraction of sp³-hybridized carbons (Fsp3) is 0.455. The molecular weight excluding hydrogens is 616 g/mol. The molecule has 2 aromatic rings. The van der Waals surface area contributed by atoms with Gasteiger partial charge in [-0.05, 0) is 11.1 Å². The van der Waals surface area contributed by atoms with Crippen LogP contribution in [0.4, 0.5) is 0 Å². The van der Waals surface area contributed by atoms with Crippen molar-refractivity contribution in [2.75, 3.05) is 23.2 Å². The van der Waals surface area contributed by atoms with Crippen LogP contribution >= 0.6 is 31.9 Å². The van der Waals surface area contributed by atoms with Gasteiger partial charge in [-0.25, -0.2) is 0 Å². The van der Waals surface area contributed by atoms with E-state index < -0.39 is 44.7 Å². The molecule has 0 fully saturated rings. The molecule has 190 valence electrons. The van der Waals surface area contributed by atoms with Gasteiger partial charge in [-0.2, -0.15) is 16.8 Å². The Morgan fingerprint density at radius 3 is 1.24 bits per heavy atom. The summed E-state index contributed by atoms with van der Waals surface area (Å²) in [6, 6.07) is 18.5. The summed E-state index contributed by atoms with van der Waals surface area (Å²) < 4.78 is 70.8. The largest absolute Gasteiger partial charge is 0.368 e. The van der Waals surface area contributed by atoms with E-state index in [0.29, 0.717) is 0 Å². The molecule has 0 N–H and O–H groups in total. The predicted octanol–water partition coefficient (Wildman–Crippen LogP) is 3.64. The molecule has 2 rings (SSSR count). The Hall–Kier alpha value is -0.860. The van der Waals surface area contributed by atoms with Crippen LogP contribution in [0.15, 0.2) is 60.7 Å². The van der Waals surface area contributed by atoms with Gasteiger partial charge in [0, 0.05) is 10.7 Å². The molecule has 2 aromatic carbocycles. The van der Waals surface area contributed by atoms with Crippen LogP contribution in [0.3, 0.4) is 0 Å². The second-order valence-corrected chi connectivity index (χ2v) is 12.0. The van der Waals surface area contributed by atoms with Gasteiger partial charge in [0.2, 0.25) is 0 Å². The molecule has 0 amide bonds. The molecule has 0 saturated carbocycles. The number of benzene rings is 2. The summed E-state index contributed by atoms with van der Waals surface area (Å²) in [5.41, 5.74) is 1.67. The molecule has 0 aromatic heterocycles. The van der Waals surface area contributed by atoms with Crippen LogP contribution in [-0.4, -0.2) is 64.4 Å². The van der Waals surface area contributed by atoms with Crippen LogP contribution in [0, 0.1) is 0 Å². The van der Waals surface area contributed by atoms with Crippen molar-refractivity contribution in [3.8, 4) is 0 Å². The van der Waals surface area contributed by atoms with Crippen molar-refractivity contribution >= 4 is 52.1 Å². The van der Waals surface area contributed by atoms with Crippen LogP contribution in [0.5, 0.6) is 0 Å². The van der Waals surface area contributed by atoms with Gasteiger partial charge in [-0.3, -0.25) is 8.37 Å². The maximum absolute atomic E-state index is 12.0. The summed E-state index contributed by atoms with van der Waals surface area (Å²) >= 11 is 6.59. The first-order valence-corrected chi connectivity index (χ1v) is 16.1. The molecule has 0 aliphatic heterocycles.